The molecule has 104 valence electrons. The molecule has 0 aliphatic carbocycles. The maximum atomic E-state index is 11.9. The number of hydrogen-bond acceptors (Lipinski definition) is 3. The number of thioether (sulfide) groups is 1. The van der Waals surface area contributed by atoms with Gasteiger partial charge in [0.25, 0.3) is 0 Å². The lowest BCUT2D eigenvalue weighted by Gasteiger charge is -2.12. The SMILES string of the molecule is CSCC[C@H](N)C(=O)Nc1cccc2[nH]ccc12.Cl. The van der Waals surface area contributed by atoms with Gasteiger partial charge in [-0.15, -0.1) is 12.4 Å². The largest absolute Gasteiger partial charge is 0.361 e. The number of benzene rings is 1. The van der Waals surface area contributed by atoms with E-state index in [0.717, 1.165) is 22.3 Å². The number of fused-ring (bicyclic) bond motifs is 1. The van der Waals surface area contributed by atoms with Crippen LogP contribution in [0, 0.1) is 0 Å². The van der Waals surface area contributed by atoms with Crippen LogP contribution in [-0.4, -0.2) is 28.9 Å². The van der Waals surface area contributed by atoms with E-state index in [2.05, 4.69) is 10.3 Å². The van der Waals surface area contributed by atoms with Crippen LogP contribution >= 0.6 is 24.2 Å². The summed E-state index contributed by atoms with van der Waals surface area (Å²) >= 11 is 1.69. The molecule has 2 aromatic rings. The van der Waals surface area contributed by atoms with Gasteiger partial charge in [-0.05, 0) is 36.6 Å². The van der Waals surface area contributed by atoms with E-state index in [1.165, 1.54) is 0 Å². The first-order chi connectivity index (χ1) is 8.72. The molecule has 1 heterocycles. The summed E-state index contributed by atoms with van der Waals surface area (Å²) in [5, 5.41) is 3.89. The van der Waals surface area contributed by atoms with Crippen molar-refractivity contribution in [2.45, 2.75) is 12.5 Å². The van der Waals surface area contributed by atoms with Gasteiger partial charge in [0, 0.05) is 17.1 Å². The van der Waals surface area contributed by atoms with Crippen molar-refractivity contribution in [3.63, 3.8) is 0 Å². The molecule has 0 aliphatic heterocycles. The minimum absolute atomic E-state index is 0. The summed E-state index contributed by atoms with van der Waals surface area (Å²) in [7, 11) is 0. The van der Waals surface area contributed by atoms with Gasteiger partial charge in [-0.2, -0.15) is 11.8 Å². The fourth-order valence-electron chi connectivity index (χ4n) is 1.80. The number of rotatable bonds is 5. The molecule has 0 saturated heterocycles. The van der Waals surface area contributed by atoms with Crippen LogP contribution in [0.5, 0.6) is 0 Å². The van der Waals surface area contributed by atoms with Crippen LogP contribution in [0.15, 0.2) is 30.5 Å². The van der Waals surface area contributed by atoms with E-state index in [-0.39, 0.29) is 18.3 Å². The number of nitrogens with one attached hydrogen (secondary N) is 2. The molecule has 0 unspecified atom stereocenters. The Kier molecular flexibility index (Phi) is 6.21. The fraction of sp³-hybridized carbons (Fsp3) is 0.308. The Bertz CT molecular complexity index is 543. The third-order valence-electron chi connectivity index (χ3n) is 2.82. The molecule has 1 aromatic carbocycles. The second-order valence-corrected chi connectivity index (χ2v) is 5.11. The summed E-state index contributed by atoms with van der Waals surface area (Å²) < 4.78 is 0. The van der Waals surface area contributed by atoms with Crippen molar-refractivity contribution < 1.29 is 4.79 Å². The molecule has 1 amide bonds. The molecule has 0 saturated carbocycles. The van der Waals surface area contributed by atoms with Crippen molar-refractivity contribution in [3.8, 4) is 0 Å². The van der Waals surface area contributed by atoms with Gasteiger partial charge < -0.3 is 16.0 Å². The standard InChI is InChI=1S/C13H17N3OS.ClH/c1-18-8-6-10(14)13(17)16-12-4-2-3-11-9(12)5-7-15-11;/h2-5,7,10,15H,6,8,14H2,1H3,(H,16,17);1H/t10-;/m0./s1. The number of H-pyrrole nitrogens is 1. The van der Waals surface area contributed by atoms with Crippen molar-refractivity contribution in [3.05, 3.63) is 30.5 Å². The van der Waals surface area contributed by atoms with Crippen molar-refractivity contribution in [1.82, 2.24) is 4.98 Å². The van der Waals surface area contributed by atoms with Crippen LogP contribution in [0.1, 0.15) is 6.42 Å². The molecule has 2 rings (SSSR count). The highest BCUT2D eigenvalue weighted by atomic mass is 35.5. The maximum Gasteiger partial charge on any atom is 0.241 e. The molecule has 0 spiro atoms. The molecule has 0 fully saturated rings. The van der Waals surface area contributed by atoms with E-state index in [9.17, 15) is 4.79 Å². The molecule has 19 heavy (non-hydrogen) atoms. The molecular formula is C13H18ClN3OS. The number of aromatic nitrogens is 1. The molecule has 0 radical (unpaired) electrons. The van der Waals surface area contributed by atoms with Gasteiger partial charge in [-0.3, -0.25) is 4.79 Å². The van der Waals surface area contributed by atoms with Gasteiger partial charge in [0.15, 0.2) is 0 Å². The summed E-state index contributed by atoms with van der Waals surface area (Å²) in [6, 6.07) is 7.25. The number of carbonyl (C=O) groups excluding carboxylic acids is 1. The smallest absolute Gasteiger partial charge is 0.241 e. The fourth-order valence-corrected chi connectivity index (χ4v) is 2.29. The van der Waals surface area contributed by atoms with Crippen LogP contribution < -0.4 is 11.1 Å². The number of carbonyl (C=O) groups is 1. The van der Waals surface area contributed by atoms with E-state index < -0.39 is 6.04 Å². The lowest BCUT2D eigenvalue weighted by atomic mass is 10.2. The zero-order chi connectivity index (χ0) is 13.0. The lowest BCUT2D eigenvalue weighted by Crippen LogP contribution is -2.36. The highest BCUT2D eigenvalue weighted by Gasteiger charge is 2.14. The monoisotopic (exact) mass is 299 g/mol. The highest BCUT2D eigenvalue weighted by molar-refractivity contribution is 7.98. The molecule has 6 heteroatoms. The van der Waals surface area contributed by atoms with Gasteiger partial charge in [-0.1, -0.05) is 6.07 Å². The van der Waals surface area contributed by atoms with Crippen molar-refractivity contribution in [2.75, 3.05) is 17.3 Å². The first kappa shape index (κ1) is 15.9. The second kappa shape index (κ2) is 7.43. The second-order valence-electron chi connectivity index (χ2n) is 4.12. The van der Waals surface area contributed by atoms with Crippen LogP contribution in [0.2, 0.25) is 0 Å². The number of anilines is 1. The van der Waals surface area contributed by atoms with E-state index in [1.54, 1.807) is 11.8 Å². The predicted molar refractivity (Wildman–Crippen MR) is 85.2 cm³/mol. The zero-order valence-electron chi connectivity index (χ0n) is 10.7. The Balaban J connectivity index is 0.00000180. The molecule has 1 aromatic heterocycles. The average Bonchev–Trinajstić information content (AvgIpc) is 2.85. The lowest BCUT2D eigenvalue weighted by molar-refractivity contribution is -0.117. The van der Waals surface area contributed by atoms with Crippen LogP contribution in [0.4, 0.5) is 5.69 Å². The van der Waals surface area contributed by atoms with Gasteiger partial charge in [-0.25, -0.2) is 0 Å². The first-order valence-corrected chi connectivity index (χ1v) is 7.23. The third kappa shape index (κ3) is 3.89. The number of halogens is 1. The Labute approximate surface area is 122 Å². The van der Waals surface area contributed by atoms with Crippen molar-refractivity contribution >= 4 is 46.7 Å². The highest BCUT2D eigenvalue weighted by Crippen LogP contribution is 2.22. The average molecular weight is 300 g/mol. The summed E-state index contributed by atoms with van der Waals surface area (Å²) in [4.78, 5) is 15.0. The zero-order valence-corrected chi connectivity index (χ0v) is 12.3. The third-order valence-corrected chi connectivity index (χ3v) is 3.47. The quantitative estimate of drug-likeness (QED) is 0.795. The normalized spacial score (nSPS) is 11.9. The van der Waals surface area contributed by atoms with Gasteiger partial charge in [0.1, 0.15) is 0 Å². The van der Waals surface area contributed by atoms with E-state index in [4.69, 9.17) is 5.73 Å². The van der Waals surface area contributed by atoms with Gasteiger partial charge >= 0.3 is 0 Å². The Morgan fingerprint density at radius 1 is 1.47 bits per heavy atom. The number of nitrogens with two attached hydrogens (primary N) is 1. The predicted octanol–water partition coefficient (Wildman–Crippen LogP) is 2.61. The van der Waals surface area contributed by atoms with Gasteiger partial charge in [0.05, 0.1) is 11.7 Å². The van der Waals surface area contributed by atoms with Crippen molar-refractivity contribution in [2.24, 2.45) is 5.73 Å². The Morgan fingerprint density at radius 2 is 2.26 bits per heavy atom. The number of amides is 1. The van der Waals surface area contributed by atoms with Crippen LogP contribution in [-0.2, 0) is 4.79 Å². The Hall–Kier alpha value is -1.17. The van der Waals surface area contributed by atoms with Crippen LogP contribution in [0.25, 0.3) is 10.9 Å². The summed E-state index contributed by atoms with van der Waals surface area (Å²) in [5.41, 5.74) is 7.65. The number of hydrogen-bond donors (Lipinski definition) is 3. The summed E-state index contributed by atoms with van der Waals surface area (Å²) in [6.07, 6.45) is 4.55. The maximum absolute atomic E-state index is 11.9. The number of aromatic amines is 1. The Morgan fingerprint density at radius 3 is 3.00 bits per heavy atom. The van der Waals surface area contributed by atoms with Gasteiger partial charge in [0.2, 0.25) is 5.91 Å². The minimum atomic E-state index is -0.452. The van der Waals surface area contributed by atoms with Crippen LogP contribution in [0.3, 0.4) is 0 Å². The molecule has 4 N–H and O–H groups in total. The van der Waals surface area contributed by atoms with E-state index >= 15 is 0 Å². The summed E-state index contributed by atoms with van der Waals surface area (Å²) in [5.74, 6) is 0.765. The minimum Gasteiger partial charge on any atom is -0.361 e. The first-order valence-electron chi connectivity index (χ1n) is 5.84. The van der Waals surface area contributed by atoms with E-state index in [0.29, 0.717) is 6.42 Å². The van der Waals surface area contributed by atoms with E-state index in [1.807, 2.05) is 36.7 Å². The summed E-state index contributed by atoms with van der Waals surface area (Å²) in [6.45, 7) is 0. The molecule has 1 atom stereocenters. The molecule has 4 nitrogen and oxygen atoms in total. The molecular weight excluding hydrogens is 282 g/mol. The van der Waals surface area contributed by atoms with Crippen molar-refractivity contribution in [1.29, 1.82) is 0 Å². The molecule has 0 aliphatic rings. The topological polar surface area (TPSA) is 70.9 Å². The molecule has 0 bridgehead atoms.